The molecule has 0 spiro atoms. The summed E-state index contributed by atoms with van der Waals surface area (Å²) < 4.78 is 5.23. The first kappa shape index (κ1) is 15.0. The van der Waals surface area contributed by atoms with Crippen LogP contribution in [0.5, 0.6) is 5.75 Å². The summed E-state index contributed by atoms with van der Waals surface area (Å²) in [5.74, 6) is -0.0446. The normalized spacial score (nSPS) is 21.8. The molecule has 110 valence electrons. The third-order valence-corrected chi connectivity index (χ3v) is 4.28. The molecule has 1 heterocycles. The van der Waals surface area contributed by atoms with Crippen LogP contribution in [0.3, 0.4) is 0 Å². The van der Waals surface area contributed by atoms with Crippen LogP contribution in [0.4, 0.5) is 5.69 Å². The summed E-state index contributed by atoms with van der Waals surface area (Å²) in [4.78, 5) is 26.2. The van der Waals surface area contributed by atoms with Crippen molar-refractivity contribution in [1.82, 2.24) is 0 Å². The van der Waals surface area contributed by atoms with Gasteiger partial charge in [0.2, 0.25) is 11.8 Å². The molecule has 1 saturated heterocycles. The maximum Gasteiger partial charge on any atom is 0.240 e. The first-order valence-corrected chi connectivity index (χ1v) is 6.80. The van der Waals surface area contributed by atoms with Crippen molar-refractivity contribution in [2.45, 2.75) is 27.2 Å². The maximum absolute atomic E-state index is 12.7. The second kappa shape index (κ2) is 5.21. The first-order valence-electron chi connectivity index (χ1n) is 6.80. The fourth-order valence-electron chi connectivity index (χ4n) is 2.46. The molecular formula is C16H18N2O3. The lowest BCUT2D eigenvalue weighted by Crippen LogP contribution is -2.37. The smallest absolute Gasteiger partial charge is 0.240 e. The zero-order chi connectivity index (χ0) is 15.8. The Bertz CT molecular complexity index is 645. The van der Waals surface area contributed by atoms with Gasteiger partial charge in [-0.3, -0.25) is 9.59 Å². The maximum atomic E-state index is 12.7. The number of nitrogens with zero attached hydrogens (tertiary/aromatic N) is 2. The van der Waals surface area contributed by atoms with Crippen molar-refractivity contribution in [2.75, 3.05) is 12.0 Å². The second-order valence-electron chi connectivity index (χ2n) is 5.78. The molecule has 1 atom stereocenters. The van der Waals surface area contributed by atoms with E-state index in [9.17, 15) is 9.59 Å². The Morgan fingerprint density at radius 1 is 1.38 bits per heavy atom. The Morgan fingerprint density at radius 3 is 2.52 bits per heavy atom. The Kier molecular flexibility index (Phi) is 3.73. The van der Waals surface area contributed by atoms with Gasteiger partial charge < -0.3 is 4.74 Å². The van der Waals surface area contributed by atoms with Gasteiger partial charge in [0, 0.05) is 12.5 Å². The SMILES string of the molecule is COc1cc(C#N)ccc1N1C(=O)CC(C)(C(C)C)C1=O. The van der Waals surface area contributed by atoms with E-state index in [1.165, 1.54) is 18.1 Å². The van der Waals surface area contributed by atoms with E-state index in [2.05, 4.69) is 0 Å². The summed E-state index contributed by atoms with van der Waals surface area (Å²) in [7, 11) is 1.45. The zero-order valence-corrected chi connectivity index (χ0v) is 12.6. The molecule has 0 radical (unpaired) electrons. The van der Waals surface area contributed by atoms with Crippen molar-refractivity contribution in [1.29, 1.82) is 5.26 Å². The molecule has 1 aliphatic rings. The highest BCUT2D eigenvalue weighted by Gasteiger charge is 2.51. The average molecular weight is 286 g/mol. The van der Waals surface area contributed by atoms with E-state index in [0.717, 1.165) is 0 Å². The third-order valence-electron chi connectivity index (χ3n) is 4.28. The van der Waals surface area contributed by atoms with E-state index >= 15 is 0 Å². The predicted molar refractivity (Wildman–Crippen MR) is 77.8 cm³/mol. The summed E-state index contributed by atoms with van der Waals surface area (Å²) in [6, 6.07) is 6.69. The lowest BCUT2D eigenvalue weighted by atomic mass is 9.78. The van der Waals surface area contributed by atoms with E-state index in [-0.39, 0.29) is 24.2 Å². The van der Waals surface area contributed by atoms with Crippen LogP contribution in [0.2, 0.25) is 0 Å². The van der Waals surface area contributed by atoms with E-state index < -0.39 is 5.41 Å². The number of methoxy groups -OCH3 is 1. The van der Waals surface area contributed by atoms with Crippen molar-refractivity contribution in [3.8, 4) is 11.8 Å². The van der Waals surface area contributed by atoms with Crippen LogP contribution >= 0.6 is 0 Å². The van der Waals surface area contributed by atoms with Crippen molar-refractivity contribution >= 4 is 17.5 Å². The molecule has 0 bridgehead atoms. The minimum Gasteiger partial charge on any atom is -0.495 e. The second-order valence-corrected chi connectivity index (χ2v) is 5.78. The van der Waals surface area contributed by atoms with E-state index in [1.54, 1.807) is 12.1 Å². The van der Waals surface area contributed by atoms with E-state index in [0.29, 0.717) is 17.0 Å². The largest absolute Gasteiger partial charge is 0.495 e. The topological polar surface area (TPSA) is 70.4 Å². The van der Waals surface area contributed by atoms with Gasteiger partial charge in [0.15, 0.2) is 0 Å². The number of hydrogen-bond acceptors (Lipinski definition) is 4. The Hall–Kier alpha value is -2.35. The summed E-state index contributed by atoms with van der Waals surface area (Å²) in [6.45, 7) is 5.68. The Balaban J connectivity index is 2.51. The van der Waals surface area contributed by atoms with Crippen molar-refractivity contribution in [2.24, 2.45) is 11.3 Å². The lowest BCUT2D eigenvalue weighted by molar-refractivity contribution is -0.126. The molecule has 1 aliphatic heterocycles. The third kappa shape index (κ3) is 2.27. The quantitative estimate of drug-likeness (QED) is 0.800. The fraction of sp³-hybridized carbons (Fsp3) is 0.438. The number of anilines is 1. The molecule has 21 heavy (non-hydrogen) atoms. The van der Waals surface area contributed by atoms with Crippen LogP contribution in [-0.2, 0) is 9.59 Å². The number of ether oxygens (including phenoxy) is 1. The van der Waals surface area contributed by atoms with Gasteiger partial charge in [0.25, 0.3) is 0 Å². The van der Waals surface area contributed by atoms with Gasteiger partial charge in [0.1, 0.15) is 5.75 Å². The molecule has 0 N–H and O–H groups in total. The minimum atomic E-state index is -0.698. The van der Waals surface area contributed by atoms with Crippen LogP contribution < -0.4 is 9.64 Å². The highest BCUT2D eigenvalue weighted by Crippen LogP contribution is 2.43. The summed E-state index contributed by atoms with van der Waals surface area (Å²) in [5.41, 5.74) is 0.118. The number of hydrogen-bond donors (Lipinski definition) is 0. The van der Waals surface area contributed by atoms with Crippen molar-refractivity contribution in [3.05, 3.63) is 23.8 Å². The Morgan fingerprint density at radius 2 is 2.05 bits per heavy atom. The minimum absolute atomic E-state index is 0.0586. The van der Waals surface area contributed by atoms with Gasteiger partial charge in [-0.15, -0.1) is 0 Å². The van der Waals surface area contributed by atoms with Crippen LogP contribution in [0.15, 0.2) is 18.2 Å². The number of rotatable bonds is 3. The number of carbonyl (C=O) groups is 2. The number of benzene rings is 1. The molecule has 0 aliphatic carbocycles. The van der Waals surface area contributed by atoms with Gasteiger partial charge >= 0.3 is 0 Å². The molecule has 2 rings (SSSR count). The monoisotopic (exact) mass is 286 g/mol. The van der Waals surface area contributed by atoms with Gasteiger partial charge in [-0.1, -0.05) is 13.8 Å². The van der Waals surface area contributed by atoms with Crippen molar-refractivity contribution in [3.63, 3.8) is 0 Å². The van der Waals surface area contributed by atoms with Gasteiger partial charge in [0.05, 0.1) is 29.8 Å². The molecule has 1 aromatic rings. The predicted octanol–water partition coefficient (Wildman–Crippen LogP) is 2.49. The number of amides is 2. The van der Waals surface area contributed by atoms with E-state index in [4.69, 9.17) is 10.00 Å². The highest BCUT2D eigenvalue weighted by molar-refractivity contribution is 6.23. The zero-order valence-electron chi connectivity index (χ0n) is 12.6. The molecule has 2 amide bonds. The van der Waals surface area contributed by atoms with Crippen LogP contribution in [-0.4, -0.2) is 18.9 Å². The summed E-state index contributed by atoms with van der Waals surface area (Å²) >= 11 is 0. The number of nitriles is 1. The fourth-order valence-corrected chi connectivity index (χ4v) is 2.46. The molecule has 5 heteroatoms. The first-order chi connectivity index (χ1) is 9.85. The van der Waals surface area contributed by atoms with E-state index in [1.807, 2.05) is 26.8 Å². The van der Waals surface area contributed by atoms with Crippen LogP contribution in [0.1, 0.15) is 32.8 Å². The average Bonchev–Trinajstić information content (AvgIpc) is 2.69. The molecular weight excluding hydrogens is 268 g/mol. The summed E-state index contributed by atoms with van der Waals surface area (Å²) in [5, 5.41) is 8.92. The molecule has 1 aromatic carbocycles. The van der Waals surface area contributed by atoms with Crippen LogP contribution in [0.25, 0.3) is 0 Å². The molecule has 5 nitrogen and oxygen atoms in total. The molecule has 0 aromatic heterocycles. The number of imide groups is 1. The van der Waals surface area contributed by atoms with Gasteiger partial charge in [-0.25, -0.2) is 4.90 Å². The standard InChI is InChI=1S/C16H18N2O3/c1-10(2)16(3)8-14(19)18(15(16)20)12-6-5-11(9-17)7-13(12)21-4/h5-7,10H,8H2,1-4H3. The Labute approximate surface area is 124 Å². The molecule has 0 saturated carbocycles. The molecule has 1 unspecified atom stereocenters. The summed E-state index contributed by atoms with van der Waals surface area (Å²) in [6.07, 6.45) is 0.187. The highest BCUT2D eigenvalue weighted by atomic mass is 16.5. The number of carbonyl (C=O) groups excluding carboxylic acids is 2. The van der Waals surface area contributed by atoms with Crippen molar-refractivity contribution < 1.29 is 14.3 Å². The van der Waals surface area contributed by atoms with Crippen LogP contribution in [0, 0.1) is 22.7 Å². The van der Waals surface area contributed by atoms with Gasteiger partial charge in [-0.2, -0.15) is 5.26 Å². The lowest BCUT2D eigenvalue weighted by Gasteiger charge is -2.26. The molecule has 1 fully saturated rings. The van der Waals surface area contributed by atoms with Gasteiger partial charge in [-0.05, 0) is 25.0 Å².